The highest BCUT2D eigenvalue weighted by Crippen LogP contribution is 2.61. The van der Waals surface area contributed by atoms with Crippen molar-refractivity contribution in [2.24, 2.45) is 23.2 Å². The summed E-state index contributed by atoms with van der Waals surface area (Å²) in [6.07, 6.45) is 8.12. The van der Waals surface area contributed by atoms with Gasteiger partial charge >= 0.3 is 0 Å². The number of anilines is 1. The highest BCUT2D eigenvalue weighted by molar-refractivity contribution is 8.01. The molecular formula is C24H30N2O3S. The number of hydrogen-bond donors (Lipinski definition) is 1. The normalized spacial score (nSPS) is 35.7. The fourth-order valence-electron chi connectivity index (χ4n) is 6.90. The number of imide groups is 1. The smallest absolute Gasteiger partial charge is 0.247 e. The second kappa shape index (κ2) is 7.70. The van der Waals surface area contributed by atoms with Crippen LogP contribution in [-0.2, 0) is 14.4 Å². The van der Waals surface area contributed by atoms with E-state index in [0.29, 0.717) is 5.69 Å². The van der Waals surface area contributed by atoms with Crippen LogP contribution in [0.5, 0.6) is 0 Å². The molecule has 0 radical (unpaired) electrons. The van der Waals surface area contributed by atoms with Crippen molar-refractivity contribution in [3.05, 3.63) is 30.3 Å². The number of thioether (sulfide) groups is 1. The Kier molecular flexibility index (Phi) is 5.16. The molecule has 2 atom stereocenters. The molecule has 1 heterocycles. The first-order chi connectivity index (χ1) is 14.4. The van der Waals surface area contributed by atoms with E-state index in [2.05, 4.69) is 12.2 Å². The van der Waals surface area contributed by atoms with Gasteiger partial charge in [0, 0.05) is 12.5 Å². The number of rotatable bonds is 6. The zero-order valence-corrected chi connectivity index (χ0v) is 18.3. The van der Waals surface area contributed by atoms with E-state index in [-0.39, 0.29) is 41.4 Å². The molecule has 0 spiro atoms. The van der Waals surface area contributed by atoms with E-state index in [4.69, 9.17) is 0 Å². The van der Waals surface area contributed by atoms with Gasteiger partial charge in [0.1, 0.15) is 0 Å². The standard InChI is InChI=1S/C24H30N2O3S/c1-15(24-11-16-7-17(12-24)9-18(8-16)13-24)25-21(27)14-30-20-10-22(28)26(23(20)29)19-5-3-2-4-6-19/h2-6,15-18,20H,7-14H2,1H3,(H,25,27)/t15-,16?,17?,18?,20-,24?/m0/s1. The number of carbonyl (C=O) groups excluding carboxylic acids is 3. The Bertz CT molecular complexity index is 820. The summed E-state index contributed by atoms with van der Waals surface area (Å²) in [5.41, 5.74) is 0.883. The zero-order valence-electron chi connectivity index (χ0n) is 17.5. The third-order valence-electron chi connectivity index (χ3n) is 7.92. The third kappa shape index (κ3) is 3.57. The van der Waals surface area contributed by atoms with Crippen LogP contribution in [0.2, 0.25) is 0 Å². The summed E-state index contributed by atoms with van der Waals surface area (Å²) in [5.74, 6) is 2.39. The summed E-state index contributed by atoms with van der Waals surface area (Å²) in [4.78, 5) is 39.1. The monoisotopic (exact) mass is 426 g/mol. The molecule has 4 bridgehead atoms. The van der Waals surface area contributed by atoms with E-state index >= 15 is 0 Å². The van der Waals surface area contributed by atoms with Crippen molar-refractivity contribution in [1.29, 1.82) is 0 Å². The number of carbonyl (C=O) groups is 3. The van der Waals surface area contributed by atoms with Crippen molar-refractivity contribution < 1.29 is 14.4 Å². The lowest BCUT2D eigenvalue weighted by Crippen LogP contribution is -2.56. The molecule has 5 aliphatic rings. The third-order valence-corrected chi connectivity index (χ3v) is 9.12. The SMILES string of the molecule is C[C@H](NC(=O)CS[C@H]1CC(=O)N(c2ccccc2)C1=O)C12CC3CC(CC(C3)C1)C2. The first kappa shape index (κ1) is 20.1. The van der Waals surface area contributed by atoms with Gasteiger partial charge in [0.05, 0.1) is 16.7 Å². The topological polar surface area (TPSA) is 66.5 Å². The largest absolute Gasteiger partial charge is 0.352 e. The minimum absolute atomic E-state index is 0.0124. The van der Waals surface area contributed by atoms with Crippen LogP contribution in [0, 0.1) is 23.2 Å². The molecular weight excluding hydrogens is 396 g/mol. The van der Waals surface area contributed by atoms with Crippen LogP contribution in [0.15, 0.2) is 30.3 Å². The number of nitrogens with zero attached hydrogens (tertiary/aromatic N) is 1. The fourth-order valence-corrected chi connectivity index (χ4v) is 7.85. The Balaban J connectivity index is 1.16. The molecule has 6 heteroatoms. The van der Waals surface area contributed by atoms with Gasteiger partial charge in [-0.15, -0.1) is 11.8 Å². The van der Waals surface area contributed by atoms with Crippen LogP contribution in [0.25, 0.3) is 0 Å². The van der Waals surface area contributed by atoms with Gasteiger partial charge in [-0.25, -0.2) is 4.90 Å². The molecule has 30 heavy (non-hydrogen) atoms. The molecule has 5 nitrogen and oxygen atoms in total. The fraction of sp³-hybridized carbons (Fsp3) is 0.625. The quantitative estimate of drug-likeness (QED) is 0.703. The molecule has 4 saturated carbocycles. The maximum atomic E-state index is 12.7. The highest BCUT2D eigenvalue weighted by atomic mass is 32.2. The molecule has 3 amide bonds. The summed E-state index contributed by atoms with van der Waals surface area (Å²) < 4.78 is 0. The zero-order chi connectivity index (χ0) is 20.9. The molecule has 160 valence electrons. The van der Waals surface area contributed by atoms with Crippen molar-refractivity contribution in [3.63, 3.8) is 0 Å². The Labute approximate surface area is 182 Å². The summed E-state index contributed by atoms with van der Waals surface area (Å²) >= 11 is 1.30. The Morgan fingerprint density at radius 2 is 1.70 bits per heavy atom. The second-order valence-corrected chi connectivity index (χ2v) is 11.2. The lowest BCUT2D eigenvalue weighted by atomic mass is 9.48. The molecule has 1 N–H and O–H groups in total. The van der Waals surface area contributed by atoms with E-state index in [1.54, 1.807) is 12.1 Å². The number of amides is 3. The average molecular weight is 427 g/mol. The van der Waals surface area contributed by atoms with Crippen molar-refractivity contribution in [2.75, 3.05) is 10.7 Å². The van der Waals surface area contributed by atoms with Crippen LogP contribution < -0.4 is 10.2 Å². The van der Waals surface area contributed by atoms with Gasteiger partial charge in [-0.1, -0.05) is 18.2 Å². The molecule has 5 fully saturated rings. The maximum Gasteiger partial charge on any atom is 0.247 e. The number of hydrogen-bond acceptors (Lipinski definition) is 4. The lowest BCUT2D eigenvalue weighted by Gasteiger charge is -2.59. The van der Waals surface area contributed by atoms with Gasteiger partial charge < -0.3 is 5.32 Å². The molecule has 4 aliphatic carbocycles. The summed E-state index contributed by atoms with van der Waals surface area (Å²) in [7, 11) is 0. The molecule has 1 aromatic carbocycles. The van der Waals surface area contributed by atoms with Crippen LogP contribution >= 0.6 is 11.8 Å². The van der Waals surface area contributed by atoms with E-state index in [1.165, 1.54) is 55.2 Å². The van der Waals surface area contributed by atoms with Gasteiger partial charge in [-0.05, 0) is 80.8 Å². The lowest BCUT2D eigenvalue weighted by molar-refractivity contribution is -0.123. The van der Waals surface area contributed by atoms with Gasteiger partial charge in [0.15, 0.2) is 0 Å². The maximum absolute atomic E-state index is 12.7. The molecule has 6 rings (SSSR count). The van der Waals surface area contributed by atoms with Crippen molar-refractivity contribution in [2.45, 2.75) is 63.2 Å². The van der Waals surface area contributed by atoms with Crippen molar-refractivity contribution in [1.82, 2.24) is 5.32 Å². The first-order valence-electron chi connectivity index (χ1n) is 11.3. The molecule has 0 unspecified atom stereocenters. The Morgan fingerprint density at radius 1 is 1.10 bits per heavy atom. The molecule has 0 aromatic heterocycles. The minimum atomic E-state index is -0.474. The van der Waals surface area contributed by atoms with Crippen LogP contribution in [0.1, 0.15) is 51.9 Å². The highest BCUT2D eigenvalue weighted by Gasteiger charge is 2.53. The first-order valence-corrected chi connectivity index (χ1v) is 12.3. The predicted octanol–water partition coefficient (Wildman–Crippen LogP) is 3.77. The van der Waals surface area contributed by atoms with Gasteiger partial charge in [-0.3, -0.25) is 14.4 Å². The van der Waals surface area contributed by atoms with E-state index in [0.717, 1.165) is 17.8 Å². The Morgan fingerprint density at radius 3 is 2.30 bits per heavy atom. The molecule has 1 aromatic rings. The predicted molar refractivity (Wildman–Crippen MR) is 118 cm³/mol. The Hall–Kier alpha value is -1.82. The van der Waals surface area contributed by atoms with Crippen LogP contribution in [0.3, 0.4) is 0 Å². The van der Waals surface area contributed by atoms with Crippen molar-refractivity contribution in [3.8, 4) is 0 Å². The van der Waals surface area contributed by atoms with Crippen LogP contribution in [0.4, 0.5) is 5.69 Å². The van der Waals surface area contributed by atoms with E-state index < -0.39 is 5.25 Å². The second-order valence-electron chi connectivity index (χ2n) is 9.98. The van der Waals surface area contributed by atoms with Crippen molar-refractivity contribution >= 4 is 35.2 Å². The molecule has 1 aliphatic heterocycles. The summed E-state index contributed by atoms with van der Waals surface area (Å²) in [5, 5.41) is 2.79. The number of para-hydroxylation sites is 1. The average Bonchev–Trinajstić information content (AvgIpc) is 2.99. The summed E-state index contributed by atoms with van der Waals surface area (Å²) in [6.45, 7) is 2.18. The molecule has 1 saturated heterocycles. The van der Waals surface area contributed by atoms with Gasteiger partial charge in [-0.2, -0.15) is 0 Å². The van der Waals surface area contributed by atoms with Gasteiger partial charge in [0.25, 0.3) is 0 Å². The number of benzene rings is 1. The van der Waals surface area contributed by atoms with Crippen LogP contribution in [-0.4, -0.2) is 34.8 Å². The van der Waals surface area contributed by atoms with Gasteiger partial charge in [0.2, 0.25) is 17.7 Å². The number of nitrogens with one attached hydrogen (secondary N) is 1. The van der Waals surface area contributed by atoms with E-state index in [9.17, 15) is 14.4 Å². The van der Waals surface area contributed by atoms with E-state index in [1.807, 2.05) is 18.2 Å². The minimum Gasteiger partial charge on any atom is -0.352 e. The summed E-state index contributed by atoms with van der Waals surface area (Å²) in [6, 6.07) is 9.20.